The Labute approximate surface area is 68.1 Å². The van der Waals surface area contributed by atoms with Crippen LogP contribution in [0, 0.1) is 0 Å². The van der Waals surface area contributed by atoms with Crippen molar-refractivity contribution in [2.45, 2.75) is 25.2 Å². The topological polar surface area (TPSA) is 29.3 Å². The van der Waals surface area contributed by atoms with E-state index in [0.717, 1.165) is 0 Å². The molecule has 1 aliphatic rings. The Morgan fingerprint density at radius 2 is 2.33 bits per heavy atom. The molecule has 9 heavy (non-hydrogen) atoms. The molecule has 0 aromatic heterocycles. The molecule has 0 aromatic carbocycles. The molecule has 0 aromatic rings. The Morgan fingerprint density at radius 3 is 2.44 bits per heavy atom. The van der Waals surface area contributed by atoms with E-state index in [9.17, 15) is 4.39 Å². The van der Waals surface area contributed by atoms with Crippen LogP contribution < -0.4 is 5.73 Å². The fourth-order valence-electron chi connectivity index (χ4n) is 0.944. The lowest BCUT2D eigenvalue weighted by molar-refractivity contribution is 0.322. The fraction of sp³-hybridized carbons (Fsp3) is 1.00. The molecular weight excluding hydrogens is 234 g/mol. The van der Waals surface area contributed by atoms with Crippen molar-refractivity contribution >= 4 is 22.9 Å². The van der Waals surface area contributed by atoms with Crippen molar-refractivity contribution in [1.29, 1.82) is 0 Å². The molecule has 1 heterocycles. The summed E-state index contributed by atoms with van der Waals surface area (Å²) in [5.74, 6) is 0. The second-order valence-electron chi connectivity index (χ2n) is 2.42. The molecule has 1 unspecified atom stereocenters. The Balaban J connectivity index is 2.54. The molecule has 2 nitrogen and oxygen atoms in total. The van der Waals surface area contributed by atoms with Crippen LogP contribution in [0.15, 0.2) is 0 Å². The predicted octanol–water partition coefficient (Wildman–Crippen LogP) is 0.706. The molecule has 1 aliphatic heterocycles. The minimum absolute atomic E-state index is 0.181. The van der Waals surface area contributed by atoms with Crippen LogP contribution in [0.25, 0.3) is 0 Å². The maximum atomic E-state index is 12.6. The number of hydrogen-bond acceptors (Lipinski definition) is 2. The largest absolute Gasteiger partial charge is 0.324 e. The van der Waals surface area contributed by atoms with E-state index in [1.165, 1.54) is 0 Å². The molecule has 2 N–H and O–H groups in total. The van der Waals surface area contributed by atoms with Gasteiger partial charge in [-0.25, -0.2) is 7.50 Å². The first-order valence-corrected chi connectivity index (χ1v) is 3.91. The molecule has 0 aliphatic carbocycles. The van der Waals surface area contributed by atoms with Crippen molar-refractivity contribution in [2.75, 3.05) is 6.54 Å². The summed E-state index contributed by atoms with van der Waals surface area (Å²) >= 11 is 2.10. The lowest BCUT2D eigenvalue weighted by Crippen LogP contribution is -2.36. The summed E-state index contributed by atoms with van der Waals surface area (Å²) in [5, 5.41) is 0. The maximum absolute atomic E-state index is 12.6. The van der Waals surface area contributed by atoms with Crippen molar-refractivity contribution in [3.8, 4) is 0 Å². The molecule has 0 bridgehead atoms. The van der Waals surface area contributed by atoms with Gasteiger partial charge in [-0.15, -0.1) is 0 Å². The van der Waals surface area contributed by atoms with Crippen LogP contribution in [-0.4, -0.2) is 27.9 Å². The van der Waals surface area contributed by atoms with Crippen molar-refractivity contribution in [1.82, 2.24) is 3.11 Å². The van der Waals surface area contributed by atoms with E-state index in [-0.39, 0.29) is 12.1 Å². The van der Waals surface area contributed by atoms with E-state index in [1.54, 1.807) is 0 Å². The summed E-state index contributed by atoms with van der Waals surface area (Å²) in [7, 11) is 0. The van der Waals surface area contributed by atoms with E-state index in [0.29, 0.717) is 6.54 Å². The molecule has 0 spiro atoms. The van der Waals surface area contributed by atoms with Gasteiger partial charge < -0.3 is 5.73 Å². The van der Waals surface area contributed by atoms with Gasteiger partial charge in [-0.05, 0) is 6.92 Å². The highest BCUT2D eigenvalue weighted by molar-refractivity contribution is 14.1. The summed E-state index contributed by atoms with van der Waals surface area (Å²) < 4.78 is 14.6. The minimum Gasteiger partial charge on any atom is -0.324 e. The summed E-state index contributed by atoms with van der Waals surface area (Å²) in [6.07, 6.45) is -0.836. The van der Waals surface area contributed by atoms with Crippen LogP contribution >= 0.6 is 22.9 Å². The van der Waals surface area contributed by atoms with Gasteiger partial charge >= 0.3 is 0 Å². The molecule has 0 saturated carbocycles. The third-order valence-corrected chi connectivity index (χ3v) is 3.04. The zero-order valence-electron chi connectivity index (χ0n) is 5.22. The summed E-state index contributed by atoms with van der Waals surface area (Å²) in [5.41, 5.74) is 5.49. The summed E-state index contributed by atoms with van der Waals surface area (Å²) in [6.45, 7) is 2.42. The van der Waals surface area contributed by atoms with Crippen molar-refractivity contribution in [2.24, 2.45) is 5.73 Å². The molecule has 1 fully saturated rings. The zero-order chi connectivity index (χ0) is 7.02. The van der Waals surface area contributed by atoms with E-state index < -0.39 is 6.17 Å². The van der Waals surface area contributed by atoms with Gasteiger partial charge in [0, 0.05) is 35.5 Å². The van der Waals surface area contributed by atoms with Crippen LogP contribution in [0.1, 0.15) is 6.92 Å². The summed E-state index contributed by atoms with van der Waals surface area (Å²) in [6, 6.07) is -0.109. The monoisotopic (exact) mass is 244 g/mol. The number of hydrogen-bond donors (Lipinski definition) is 1. The highest BCUT2D eigenvalue weighted by Crippen LogP contribution is 2.22. The van der Waals surface area contributed by atoms with Gasteiger partial charge in [-0.1, -0.05) is 0 Å². The van der Waals surface area contributed by atoms with Gasteiger partial charge in [-0.2, -0.15) is 0 Å². The molecule has 0 radical (unpaired) electrons. The first-order chi connectivity index (χ1) is 4.13. The second-order valence-corrected chi connectivity index (χ2v) is 3.66. The Hall–Kier alpha value is 0.580. The van der Waals surface area contributed by atoms with Gasteiger partial charge in [-0.3, -0.25) is 0 Å². The average Bonchev–Trinajstić information content (AvgIpc) is 1.98. The van der Waals surface area contributed by atoms with Gasteiger partial charge in [0.15, 0.2) is 0 Å². The fourth-order valence-corrected chi connectivity index (χ4v) is 1.69. The van der Waals surface area contributed by atoms with Crippen LogP contribution in [-0.2, 0) is 0 Å². The second kappa shape index (κ2) is 2.67. The van der Waals surface area contributed by atoms with Gasteiger partial charge in [0.25, 0.3) is 0 Å². The van der Waals surface area contributed by atoms with Gasteiger partial charge in [0.05, 0.1) is 6.04 Å². The molecule has 0 amide bonds. The molecule has 1 rings (SSSR count). The number of nitrogens with zero attached hydrogens (tertiary/aromatic N) is 1. The Morgan fingerprint density at radius 1 is 1.78 bits per heavy atom. The van der Waals surface area contributed by atoms with Crippen molar-refractivity contribution in [3.05, 3.63) is 0 Å². The molecule has 4 heteroatoms. The molecule has 3 atom stereocenters. The van der Waals surface area contributed by atoms with Crippen LogP contribution in [0.5, 0.6) is 0 Å². The Kier molecular flexibility index (Phi) is 2.28. The van der Waals surface area contributed by atoms with Crippen molar-refractivity contribution < 1.29 is 4.39 Å². The minimum atomic E-state index is -0.836. The standard InChI is InChI=1S/C5H10FIN2/c1-3-5(8)4(6)2-9(3)7/h3-5H,2,8H2,1H3/t3?,4-,5-/m0/s1. The van der Waals surface area contributed by atoms with Gasteiger partial charge in [0.2, 0.25) is 0 Å². The quantitative estimate of drug-likeness (QED) is 0.502. The third-order valence-electron chi connectivity index (χ3n) is 1.77. The highest BCUT2D eigenvalue weighted by Gasteiger charge is 2.35. The van der Waals surface area contributed by atoms with E-state index in [1.807, 2.05) is 10.0 Å². The number of nitrogens with two attached hydrogens (primary N) is 1. The molecular formula is C5H10FIN2. The normalized spacial score (nSPS) is 46.0. The zero-order valence-corrected chi connectivity index (χ0v) is 7.38. The number of halogens is 2. The van der Waals surface area contributed by atoms with Crippen LogP contribution in [0.2, 0.25) is 0 Å². The first-order valence-electron chi connectivity index (χ1n) is 2.95. The summed E-state index contributed by atoms with van der Waals surface area (Å²) in [4.78, 5) is 0. The maximum Gasteiger partial charge on any atom is 0.130 e. The molecule has 54 valence electrons. The highest BCUT2D eigenvalue weighted by atomic mass is 127. The smallest absolute Gasteiger partial charge is 0.130 e. The van der Waals surface area contributed by atoms with E-state index in [2.05, 4.69) is 22.9 Å². The van der Waals surface area contributed by atoms with Crippen LogP contribution in [0.4, 0.5) is 4.39 Å². The lowest BCUT2D eigenvalue weighted by atomic mass is 10.1. The van der Waals surface area contributed by atoms with E-state index >= 15 is 0 Å². The number of rotatable bonds is 0. The van der Waals surface area contributed by atoms with Gasteiger partial charge in [0.1, 0.15) is 6.17 Å². The van der Waals surface area contributed by atoms with Crippen LogP contribution in [0.3, 0.4) is 0 Å². The lowest BCUT2D eigenvalue weighted by Gasteiger charge is -2.13. The number of alkyl halides is 1. The third kappa shape index (κ3) is 1.35. The van der Waals surface area contributed by atoms with Crippen molar-refractivity contribution in [3.63, 3.8) is 0 Å². The predicted molar refractivity (Wildman–Crippen MR) is 43.1 cm³/mol. The average molecular weight is 244 g/mol. The Bertz CT molecular complexity index is 99.1. The first kappa shape index (κ1) is 7.68. The molecule has 1 saturated heterocycles. The SMILES string of the molecule is CC1[C@H](N)[C@@H](F)CN1I. The van der Waals surface area contributed by atoms with E-state index in [4.69, 9.17) is 5.73 Å².